The molecule has 0 radical (unpaired) electrons. The molecule has 0 bridgehead atoms. The monoisotopic (exact) mass is 313 g/mol. The molecule has 3 aromatic rings. The summed E-state index contributed by atoms with van der Waals surface area (Å²) >= 11 is 0. The number of pyridine rings is 1. The Balaban J connectivity index is 2.22. The lowest BCUT2D eigenvalue weighted by Gasteiger charge is -2.10. The maximum atomic E-state index is 11.9. The first-order valence-corrected chi connectivity index (χ1v) is 6.93. The van der Waals surface area contributed by atoms with Crippen LogP contribution in [0.1, 0.15) is 21.6 Å². The van der Waals surface area contributed by atoms with Crippen molar-refractivity contribution in [3.63, 3.8) is 0 Å². The number of rotatable bonds is 3. The van der Waals surface area contributed by atoms with Crippen molar-refractivity contribution < 1.29 is 15.0 Å². The minimum absolute atomic E-state index is 0.298. The van der Waals surface area contributed by atoms with Crippen molar-refractivity contribution in [3.8, 4) is 17.0 Å². The number of nitrogens with one attached hydrogen (secondary N) is 2. The van der Waals surface area contributed by atoms with Gasteiger partial charge in [0, 0.05) is 28.9 Å². The van der Waals surface area contributed by atoms with Gasteiger partial charge in [-0.05, 0) is 24.4 Å². The molecule has 23 heavy (non-hydrogen) atoms. The number of carboxylic acid groups (broad SMARTS) is 1. The first kappa shape index (κ1) is 14.9. The summed E-state index contributed by atoms with van der Waals surface area (Å²) in [6.45, 7) is 1.94. The third kappa shape index (κ3) is 2.36. The Morgan fingerprint density at radius 1 is 1.26 bits per heavy atom. The van der Waals surface area contributed by atoms with Crippen LogP contribution in [0.25, 0.3) is 22.2 Å². The number of aromatic nitrogens is 2. The molecule has 0 unspecified atom stereocenters. The van der Waals surface area contributed by atoms with Crippen molar-refractivity contribution in [2.75, 3.05) is 0 Å². The van der Waals surface area contributed by atoms with Crippen LogP contribution in [0, 0.1) is 6.92 Å². The summed E-state index contributed by atoms with van der Waals surface area (Å²) in [5.41, 5.74) is 7.16. The van der Waals surface area contributed by atoms with E-state index in [-0.39, 0.29) is 0 Å². The Bertz CT molecular complexity index is 985. The number of aromatic hydroxyl groups is 1. The van der Waals surface area contributed by atoms with Crippen LogP contribution in [0.2, 0.25) is 0 Å². The number of carboxylic acids is 1. The van der Waals surface area contributed by atoms with Crippen molar-refractivity contribution in [3.05, 3.63) is 51.4 Å². The highest BCUT2D eigenvalue weighted by Gasteiger charge is 2.20. The van der Waals surface area contributed by atoms with Gasteiger partial charge in [-0.25, -0.2) is 4.79 Å². The van der Waals surface area contributed by atoms with Crippen LogP contribution >= 0.6 is 0 Å². The van der Waals surface area contributed by atoms with Gasteiger partial charge in [0.1, 0.15) is 5.75 Å². The second-order valence-electron chi connectivity index (χ2n) is 5.28. The van der Waals surface area contributed by atoms with E-state index < -0.39 is 22.8 Å². The fraction of sp³-hybridized carbons (Fsp3) is 0.125. The normalized spacial score (nSPS) is 11.0. The lowest BCUT2D eigenvalue weighted by atomic mass is 10.0. The zero-order chi connectivity index (χ0) is 16.7. The van der Waals surface area contributed by atoms with Crippen LogP contribution < -0.4 is 11.3 Å². The Hall–Kier alpha value is -3.06. The van der Waals surface area contributed by atoms with Gasteiger partial charge >= 0.3 is 5.97 Å². The van der Waals surface area contributed by atoms with E-state index in [0.29, 0.717) is 23.4 Å². The molecule has 2 aromatic heterocycles. The Kier molecular flexibility index (Phi) is 3.42. The summed E-state index contributed by atoms with van der Waals surface area (Å²) in [6, 6.07) is 7.39. The summed E-state index contributed by atoms with van der Waals surface area (Å²) in [4.78, 5) is 28.7. The summed E-state index contributed by atoms with van der Waals surface area (Å²) < 4.78 is 0. The van der Waals surface area contributed by atoms with Gasteiger partial charge in [0.15, 0.2) is 5.56 Å². The molecule has 0 aliphatic rings. The molecule has 7 nitrogen and oxygen atoms in total. The van der Waals surface area contributed by atoms with E-state index in [2.05, 4.69) is 9.97 Å². The van der Waals surface area contributed by atoms with Crippen molar-refractivity contribution >= 4 is 16.9 Å². The number of hydrogen-bond acceptors (Lipinski definition) is 4. The molecular weight excluding hydrogens is 298 g/mol. The number of fused-ring (bicyclic) bond motifs is 1. The average Bonchev–Trinajstić information content (AvgIpc) is 2.92. The van der Waals surface area contributed by atoms with E-state index in [1.54, 1.807) is 13.0 Å². The number of H-pyrrole nitrogens is 2. The molecule has 0 aliphatic heterocycles. The minimum Gasteiger partial charge on any atom is -0.506 e. The van der Waals surface area contributed by atoms with E-state index >= 15 is 0 Å². The molecule has 7 heteroatoms. The maximum Gasteiger partial charge on any atom is 0.345 e. The van der Waals surface area contributed by atoms with Gasteiger partial charge in [-0.1, -0.05) is 12.1 Å². The van der Waals surface area contributed by atoms with Gasteiger partial charge in [0.05, 0.1) is 5.69 Å². The van der Waals surface area contributed by atoms with E-state index in [4.69, 9.17) is 10.8 Å². The first-order valence-electron chi connectivity index (χ1n) is 6.93. The lowest BCUT2D eigenvalue weighted by molar-refractivity contribution is 0.0691. The van der Waals surface area contributed by atoms with E-state index in [9.17, 15) is 14.7 Å². The highest BCUT2D eigenvalue weighted by molar-refractivity contribution is 5.92. The third-order valence-electron chi connectivity index (χ3n) is 3.83. The number of aromatic amines is 2. The van der Waals surface area contributed by atoms with Crippen molar-refractivity contribution in [2.24, 2.45) is 5.73 Å². The second kappa shape index (κ2) is 5.29. The molecule has 0 aliphatic carbocycles. The van der Waals surface area contributed by atoms with Gasteiger partial charge in [-0.15, -0.1) is 0 Å². The summed E-state index contributed by atoms with van der Waals surface area (Å²) in [5.74, 6) is -1.99. The number of hydrogen-bond donors (Lipinski definition) is 5. The van der Waals surface area contributed by atoms with Crippen LogP contribution in [0.4, 0.5) is 0 Å². The molecule has 0 saturated carbocycles. The van der Waals surface area contributed by atoms with Gasteiger partial charge in [-0.2, -0.15) is 0 Å². The highest BCUT2D eigenvalue weighted by atomic mass is 16.4. The highest BCUT2D eigenvalue weighted by Crippen LogP contribution is 2.30. The van der Waals surface area contributed by atoms with E-state index in [0.717, 1.165) is 16.6 Å². The van der Waals surface area contributed by atoms with Gasteiger partial charge in [-0.3, -0.25) is 4.79 Å². The SMILES string of the molecule is Cc1c(-c2ccc3cc(CN)[nH]c3c2)[nH]c(=O)c(C(=O)O)c1O. The number of benzene rings is 1. The third-order valence-corrected chi connectivity index (χ3v) is 3.83. The van der Waals surface area contributed by atoms with Crippen LogP contribution in [-0.4, -0.2) is 26.2 Å². The van der Waals surface area contributed by atoms with Gasteiger partial charge in [0.25, 0.3) is 5.56 Å². The molecule has 3 rings (SSSR count). The molecule has 0 atom stereocenters. The Labute approximate surface area is 130 Å². The summed E-state index contributed by atoms with van der Waals surface area (Å²) in [5, 5.41) is 20.0. The molecule has 2 heterocycles. The van der Waals surface area contributed by atoms with Crippen molar-refractivity contribution in [1.82, 2.24) is 9.97 Å². The number of aromatic carboxylic acids is 1. The topological polar surface area (TPSA) is 132 Å². The minimum atomic E-state index is -1.47. The zero-order valence-corrected chi connectivity index (χ0v) is 12.3. The van der Waals surface area contributed by atoms with Gasteiger partial charge < -0.3 is 25.9 Å². The largest absolute Gasteiger partial charge is 0.506 e. The zero-order valence-electron chi connectivity index (χ0n) is 12.3. The predicted octanol–water partition coefficient (Wildman–Crippen LogP) is 1.69. The number of nitrogens with two attached hydrogens (primary N) is 1. The van der Waals surface area contributed by atoms with Gasteiger partial charge in [0.2, 0.25) is 0 Å². The maximum absolute atomic E-state index is 11.9. The fourth-order valence-electron chi connectivity index (χ4n) is 2.62. The molecule has 0 spiro atoms. The van der Waals surface area contributed by atoms with E-state index in [1.807, 2.05) is 18.2 Å². The average molecular weight is 313 g/mol. The van der Waals surface area contributed by atoms with E-state index in [1.165, 1.54) is 0 Å². The first-order chi connectivity index (χ1) is 10.9. The molecule has 0 saturated heterocycles. The van der Waals surface area contributed by atoms with Crippen molar-refractivity contribution in [1.29, 1.82) is 0 Å². The summed E-state index contributed by atoms with van der Waals surface area (Å²) in [6.07, 6.45) is 0. The van der Waals surface area contributed by atoms with Crippen molar-refractivity contribution in [2.45, 2.75) is 13.5 Å². The Morgan fingerprint density at radius 3 is 2.65 bits per heavy atom. The fourth-order valence-corrected chi connectivity index (χ4v) is 2.62. The lowest BCUT2D eigenvalue weighted by Crippen LogP contribution is -2.19. The van der Waals surface area contributed by atoms with Crippen LogP contribution in [0.3, 0.4) is 0 Å². The quantitative estimate of drug-likeness (QED) is 0.502. The van der Waals surface area contributed by atoms with Crippen LogP contribution in [0.5, 0.6) is 5.75 Å². The van der Waals surface area contributed by atoms with Crippen LogP contribution in [0.15, 0.2) is 29.1 Å². The second-order valence-corrected chi connectivity index (χ2v) is 5.28. The molecular formula is C16H15N3O4. The molecule has 118 valence electrons. The predicted molar refractivity (Wildman–Crippen MR) is 85.6 cm³/mol. The molecule has 6 N–H and O–H groups in total. The summed E-state index contributed by atoms with van der Waals surface area (Å²) in [7, 11) is 0. The van der Waals surface area contributed by atoms with Crippen LogP contribution in [-0.2, 0) is 6.54 Å². The smallest absolute Gasteiger partial charge is 0.345 e. The molecule has 0 fully saturated rings. The molecule has 1 aromatic carbocycles. The molecule has 0 amide bonds. The number of carbonyl (C=O) groups is 1. The standard InChI is InChI=1S/C16H15N3O4/c1-7-13(19-15(21)12(14(7)20)16(22)23)9-3-2-8-4-10(6-17)18-11(8)5-9/h2-5,18H,6,17H2,1H3,(H,22,23)(H2,19,20,21). The Morgan fingerprint density at radius 2 is 2.00 bits per heavy atom.